The van der Waals surface area contributed by atoms with E-state index in [0.29, 0.717) is 17.2 Å². The summed E-state index contributed by atoms with van der Waals surface area (Å²) < 4.78 is 10.7. The predicted octanol–water partition coefficient (Wildman–Crippen LogP) is 5.29. The molecule has 0 fully saturated rings. The van der Waals surface area contributed by atoms with Crippen molar-refractivity contribution in [2.24, 2.45) is 4.99 Å². The van der Waals surface area contributed by atoms with Crippen LogP contribution in [-0.2, 0) is 0 Å². The number of phenols is 1. The van der Waals surface area contributed by atoms with Crippen molar-refractivity contribution in [3.63, 3.8) is 0 Å². The van der Waals surface area contributed by atoms with E-state index in [1.54, 1.807) is 20.3 Å². The first-order valence-electron chi connectivity index (χ1n) is 9.67. The van der Waals surface area contributed by atoms with Gasteiger partial charge in [0.05, 0.1) is 14.2 Å². The summed E-state index contributed by atoms with van der Waals surface area (Å²) in [6.07, 6.45) is 0.318. The molecular formula is C24H23ClN2O3. The molecule has 0 radical (unpaired) electrons. The highest BCUT2D eigenvalue weighted by Gasteiger charge is 2.28. The van der Waals surface area contributed by atoms with Gasteiger partial charge in [-0.1, -0.05) is 48.0 Å². The maximum absolute atomic E-state index is 10.7. The lowest BCUT2D eigenvalue weighted by Gasteiger charge is -2.31. The number of benzene rings is 3. The zero-order valence-corrected chi connectivity index (χ0v) is 17.6. The summed E-state index contributed by atoms with van der Waals surface area (Å²) in [7, 11) is 3.19. The number of rotatable bonds is 5. The van der Waals surface area contributed by atoms with Crippen LogP contribution in [0.5, 0.6) is 17.2 Å². The van der Waals surface area contributed by atoms with Crippen molar-refractivity contribution in [2.75, 3.05) is 14.2 Å². The third-order valence-electron chi connectivity index (χ3n) is 5.25. The minimum Gasteiger partial charge on any atom is -0.504 e. The molecule has 30 heavy (non-hydrogen) atoms. The summed E-state index contributed by atoms with van der Waals surface area (Å²) in [5, 5.41) is 15.0. The normalized spacial score (nSPS) is 18.6. The molecule has 5 nitrogen and oxygen atoms in total. The highest BCUT2D eigenvalue weighted by Crippen LogP contribution is 2.39. The number of phenolic OH excluding ortho intramolecular Hbond substituents is 1. The van der Waals surface area contributed by atoms with Crippen LogP contribution in [0.4, 0.5) is 0 Å². The molecule has 3 aromatic rings. The first-order chi connectivity index (χ1) is 14.6. The molecule has 2 unspecified atom stereocenters. The Kier molecular flexibility index (Phi) is 5.93. The lowest BCUT2D eigenvalue weighted by molar-refractivity contribution is 0.360. The smallest absolute Gasteiger partial charge is 0.162 e. The molecule has 0 saturated heterocycles. The molecule has 2 N–H and O–H groups in total. The fraction of sp³-hybridized carbons (Fsp3) is 0.208. The molecule has 0 amide bonds. The second kappa shape index (κ2) is 8.78. The fourth-order valence-corrected chi connectivity index (χ4v) is 3.82. The lowest BCUT2D eigenvalue weighted by Crippen LogP contribution is -2.33. The van der Waals surface area contributed by atoms with Crippen molar-refractivity contribution < 1.29 is 14.6 Å². The maximum Gasteiger partial charge on any atom is 0.162 e. The number of methoxy groups -OCH3 is 2. The molecule has 1 aliphatic rings. The van der Waals surface area contributed by atoms with Crippen LogP contribution in [0.25, 0.3) is 0 Å². The van der Waals surface area contributed by atoms with E-state index in [0.717, 1.165) is 28.2 Å². The number of halogens is 1. The van der Waals surface area contributed by atoms with Gasteiger partial charge in [0, 0.05) is 28.8 Å². The van der Waals surface area contributed by atoms with Gasteiger partial charge in [0.1, 0.15) is 11.9 Å². The number of nitrogens with zero attached hydrogens (tertiary/aromatic N) is 1. The topological polar surface area (TPSA) is 63.1 Å². The van der Waals surface area contributed by atoms with Gasteiger partial charge in [-0.15, -0.1) is 0 Å². The quantitative estimate of drug-likeness (QED) is 0.586. The van der Waals surface area contributed by atoms with Gasteiger partial charge in [-0.25, -0.2) is 0 Å². The highest BCUT2D eigenvalue weighted by atomic mass is 35.5. The van der Waals surface area contributed by atoms with E-state index >= 15 is 0 Å². The SMILES string of the molecule is COc1cccc(C2N=C(c3ccc(Cl)cc3)CC(c3cccc(OC)c3O)N2)c1. The van der Waals surface area contributed by atoms with Gasteiger partial charge < -0.3 is 14.6 Å². The number of hydrogen-bond acceptors (Lipinski definition) is 5. The van der Waals surface area contributed by atoms with Crippen LogP contribution < -0.4 is 14.8 Å². The first-order valence-corrected chi connectivity index (χ1v) is 10.1. The molecule has 1 aliphatic heterocycles. The van der Waals surface area contributed by atoms with E-state index in [1.807, 2.05) is 60.7 Å². The Bertz CT molecular complexity index is 1070. The third-order valence-corrected chi connectivity index (χ3v) is 5.51. The van der Waals surface area contributed by atoms with Crippen molar-refractivity contribution in [1.29, 1.82) is 0 Å². The van der Waals surface area contributed by atoms with Gasteiger partial charge in [0.2, 0.25) is 0 Å². The summed E-state index contributed by atoms with van der Waals surface area (Å²) in [6, 6.07) is 20.9. The minimum atomic E-state index is -0.296. The van der Waals surface area contributed by atoms with Gasteiger partial charge in [-0.3, -0.25) is 10.3 Å². The van der Waals surface area contributed by atoms with Gasteiger partial charge in [0.15, 0.2) is 11.5 Å². The minimum absolute atomic E-state index is 0.138. The van der Waals surface area contributed by atoms with Crippen LogP contribution in [0.1, 0.15) is 35.3 Å². The van der Waals surface area contributed by atoms with Crippen LogP contribution in [0.2, 0.25) is 5.02 Å². The largest absolute Gasteiger partial charge is 0.504 e. The number of ether oxygens (including phenoxy) is 2. The molecule has 0 aromatic heterocycles. The summed E-state index contributed by atoms with van der Waals surface area (Å²) in [5.41, 5.74) is 3.68. The number of aliphatic imine (C=N–C) groups is 1. The van der Waals surface area contributed by atoms with Crippen LogP contribution in [-0.4, -0.2) is 25.0 Å². The summed E-state index contributed by atoms with van der Waals surface area (Å²) in [4.78, 5) is 4.97. The Morgan fingerprint density at radius 2 is 1.77 bits per heavy atom. The molecular weight excluding hydrogens is 400 g/mol. The molecule has 3 aromatic carbocycles. The molecule has 154 valence electrons. The molecule has 0 aliphatic carbocycles. The number of hydrogen-bond donors (Lipinski definition) is 2. The standard InChI is InChI=1S/C24H23ClN2O3/c1-29-18-6-3-5-16(13-18)24-26-20(15-9-11-17(25)12-10-15)14-21(27-24)19-7-4-8-22(30-2)23(19)28/h3-13,21,24,27-28H,14H2,1-2H3. The summed E-state index contributed by atoms with van der Waals surface area (Å²) in [5.74, 6) is 1.35. The molecule has 4 rings (SSSR count). The maximum atomic E-state index is 10.7. The summed E-state index contributed by atoms with van der Waals surface area (Å²) in [6.45, 7) is 0. The van der Waals surface area contributed by atoms with E-state index in [9.17, 15) is 5.11 Å². The second-order valence-corrected chi connectivity index (χ2v) is 7.52. The van der Waals surface area contributed by atoms with Crippen molar-refractivity contribution in [3.05, 3.63) is 88.4 Å². The van der Waals surface area contributed by atoms with Crippen molar-refractivity contribution in [3.8, 4) is 17.2 Å². The van der Waals surface area contributed by atoms with E-state index in [-0.39, 0.29) is 18.0 Å². The number of nitrogens with one attached hydrogen (secondary N) is 1. The van der Waals surface area contributed by atoms with E-state index in [2.05, 4.69) is 5.32 Å². The summed E-state index contributed by atoms with van der Waals surface area (Å²) >= 11 is 6.07. The Labute approximate surface area is 180 Å². The molecule has 0 saturated carbocycles. The Hall–Kier alpha value is -3.02. The van der Waals surface area contributed by atoms with Gasteiger partial charge in [0.25, 0.3) is 0 Å². The first kappa shape index (κ1) is 20.3. The third kappa shape index (κ3) is 4.13. The molecule has 6 heteroatoms. The van der Waals surface area contributed by atoms with E-state index < -0.39 is 0 Å². The van der Waals surface area contributed by atoms with Gasteiger partial charge in [-0.2, -0.15) is 0 Å². The lowest BCUT2D eigenvalue weighted by atomic mass is 9.93. The fourth-order valence-electron chi connectivity index (χ4n) is 3.69. The average molecular weight is 423 g/mol. The molecule has 0 spiro atoms. The predicted molar refractivity (Wildman–Crippen MR) is 119 cm³/mol. The molecule has 2 atom stereocenters. The zero-order valence-electron chi connectivity index (χ0n) is 16.8. The van der Waals surface area contributed by atoms with Gasteiger partial charge >= 0.3 is 0 Å². The van der Waals surface area contributed by atoms with Crippen LogP contribution in [0.3, 0.4) is 0 Å². The second-order valence-electron chi connectivity index (χ2n) is 7.08. The highest BCUT2D eigenvalue weighted by molar-refractivity contribution is 6.30. The number of para-hydroxylation sites is 1. The Balaban J connectivity index is 1.77. The zero-order chi connectivity index (χ0) is 21.1. The van der Waals surface area contributed by atoms with Gasteiger partial charge in [-0.05, 0) is 41.5 Å². The Morgan fingerprint density at radius 1 is 1.00 bits per heavy atom. The van der Waals surface area contributed by atoms with E-state index in [1.165, 1.54) is 0 Å². The van der Waals surface area contributed by atoms with E-state index in [4.69, 9.17) is 26.1 Å². The van der Waals surface area contributed by atoms with Crippen LogP contribution >= 0.6 is 11.6 Å². The Morgan fingerprint density at radius 3 is 2.50 bits per heavy atom. The monoisotopic (exact) mass is 422 g/mol. The number of aromatic hydroxyl groups is 1. The van der Waals surface area contributed by atoms with Crippen molar-refractivity contribution >= 4 is 17.3 Å². The van der Waals surface area contributed by atoms with Crippen molar-refractivity contribution in [1.82, 2.24) is 5.32 Å². The average Bonchev–Trinajstić information content (AvgIpc) is 2.79. The van der Waals surface area contributed by atoms with Crippen molar-refractivity contribution in [2.45, 2.75) is 18.6 Å². The molecule has 1 heterocycles. The molecule has 0 bridgehead atoms. The van der Waals surface area contributed by atoms with Crippen LogP contribution in [0, 0.1) is 0 Å². The van der Waals surface area contributed by atoms with Crippen LogP contribution in [0.15, 0.2) is 71.7 Å².